The number of rotatable bonds is 0. The van der Waals surface area contributed by atoms with Gasteiger partial charge < -0.3 is 44.5 Å². The average Bonchev–Trinajstić information content (AvgIpc) is 0.787. The Morgan fingerprint density at radius 3 is 0.489 bits per heavy atom. The van der Waals surface area contributed by atoms with Crippen LogP contribution in [0.1, 0.15) is 262 Å². The molecule has 92 heavy (non-hydrogen) atoms. The van der Waals surface area contributed by atoms with Gasteiger partial charge in [-0.3, -0.25) is 0 Å². The van der Waals surface area contributed by atoms with Gasteiger partial charge >= 0.3 is 0 Å². The summed E-state index contributed by atoms with van der Waals surface area (Å²) >= 11 is 0. The molecule has 2 heterocycles. The summed E-state index contributed by atoms with van der Waals surface area (Å²) in [7, 11) is 0. The van der Waals surface area contributed by atoms with E-state index in [0.29, 0.717) is 83.8 Å². The minimum absolute atomic E-state index is 0.123. The van der Waals surface area contributed by atoms with Gasteiger partial charge in [-0.1, -0.05) is 230 Å². The van der Waals surface area contributed by atoms with Crippen LogP contribution in [0.2, 0.25) is 0 Å². The fourth-order valence-corrected chi connectivity index (χ4v) is 12.7. The van der Waals surface area contributed by atoms with Crippen LogP contribution in [0.4, 0.5) is 0 Å². The van der Waals surface area contributed by atoms with Gasteiger partial charge in [-0.15, -0.1) is 0 Å². The Hall–Kier alpha value is -6.94. The predicted octanol–water partition coefficient (Wildman–Crippen LogP) is 18.6. The van der Waals surface area contributed by atoms with Crippen molar-refractivity contribution in [3.63, 3.8) is 0 Å². The van der Waals surface area contributed by atoms with Gasteiger partial charge in [0.1, 0.15) is 53.5 Å². The highest BCUT2D eigenvalue weighted by molar-refractivity contribution is 5.62. The molecule has 494 valence electrons. The van der Waals surface area contributed by atoms with Crippen molar-refractivity contribution in [2.75, 3.05) is 39.6 Å². The van der Waals surface area contributed by atoms with E-state index in [1.807, 2.05) is 0 Å². The Bertz CT molecular complexity index is 3640. The number of fused-ring (bicyclic) bond motifs is 19. The third kappa shape index (κ3) is 15.8. The van der Waals surface area contributed by atoms with Gasteiger partial charge in [0.05, 0.1) is 26.4 Å². The average molecular weight is 1250 g/mol. The minimum Gasteiger partial charge on any atom is -0.507 e. The molecule has 0 radical (unpaired) electrons. The lowest BCUT2D eigenvalue weighted by Crippen LogP contribution is -2.17. The highest BCUT2D eigenvalue weighted by Gasteiger charge is 2.31. The number of hydrogen-bond acceptors (Lipinski definition) is 9. The van der Waals surface area contributed by atoms with Gasteiger partial charge in [0, 0.05) is 44.9 Å². The molecule has 7 aromatic rings. The van der Waals surface area contributed by atoms with Gasteiger partial charge in [0.2, 0.25) is 0 Å². The molecule has 0 atom stereocenters. The first kappa shape index (κ1) is 69.4. The van der Waals surface area contributed by atoms with Crippen LogP contribution in [0.25, 0.3) is 0 Å². The van der Waals surface area contributed by atoms with Crippen LogP contribution in [0.3, 0.4) is 0 Å². The number of benzene rings is 7. The van der Waals surface area contributed by atoms with Crippen LogP contribution in [0.5, 0.6) is 40.2 Å². The van der Waals surface area contributed by atoms with E-state index in [1.54, 1.807) is 0 Å². The maximum Gasteiger partial charge on any atom is 0.126 e. The molecule has 5 N–H and O–H groups in total. The maximum atomic E-state index is 13.0. The summed E-state index contributed by atoms with van der Waals surface area (Å²) in [5.74, 6) is 2.05. The molecule has 0 amide bonds. The highest BCUT2D eigenvalue weighted by Crippen LogP contribution is 2.46. The molecule has 9 nitrogen and oxygen atoms in total. The zero-order valence-electron chi connectivity index (χ0n) is 59.6. The first-order valence-electron chi connectivity index (χ1n) is 33.5. The first-order chi connectivity index (χ1) is 42.5. The van der Waals surface area contributed by atoms with E-state index in [0.717, 1.165) is 83.5 Å². The van der Waals surface area contributed by atoms with E-state index in [9.17, 15) is 25.5 Å². The normalized spacial score (nSPS) is 15.4. The number of ether oxygens (including phenoxy) is 4. The Morgan fingerprint density at radius 2 is 0.337 bits per heavy atom. The van der Waals surface area contributed by atoms with Crippen molar-refractivity contribution in [2.24, 2.45) is 0 Å². The van der Waals surface area contributed by atoms with E-state index in [1.165, 1.54) is 0 Å². The number of phenols is 5. The van der Waals surface area contributed by atoms with E-state index in [2.05, 4.69) is 230 Å². The van der Waals surface area contributed by atoms with Gasteiger partial charge in [-0.25, -0.2) is 0 Å². The van der Waals surface area contributed by atoms with Gasteiger partial charge in [-0.2, -0.15) is 0 Å². The van der Waals surface area contributed by atoms with Crippen molar-refractivity contribution in [3.05, 3.63) is 202 Å². The summed E-state index contributed by atoms with van der Waals surface area (Å²) in [5, 5.41) is 64.9. The third-order valence-corrected chi connectivity index (χ3v) is 18.9. The van der Waals surface area contributed by atoms with Crippen molar-refractivity contribution < 1.29 is 44.5 Å². The summed E-state index contributed by atoms with van der Waals surface area (Å²) in [6.45, 7) is 47.7. The van der Waals surface area contributed by atoms with Crippen LogP contribution in [0, 0.1) is 0 Å². The standard InChI is InChI=1S/C83H108O9/c1-77(2,3)63-35-49-28-51-37-64(78(4,5)6)41-55(71(51)85)31-59-45-68(82(16,17)18)47-61-33-57-43-66(80(10,11)12)39-53(73(57)87)30-54-40-67(81(13,14)15)44-58(74(54)88)34-62-48-69(83(19,20)21)46-60(76(62)92-27-25-90-23-22-89-24-26-91-75(59)61)32-56-42-65(79(7,8)9)38-52(72(56)86)29-50(36-63)70(49)84/h35-48,84-88H,22-34H2,1-21H3. The monoisotopic (exact) mass is 1250 g/mol. The van der Waals surface area contributed by atoms with Crippen LogP contribution < -0.4 is 9.47 Å². The van der Waals surface area contributed by atoms with E-state index in [-0.39, 0.29) is 112 Å². The maximum absolute atomic E-state index is 13.0. The Balaban J connectivity index is 1.42. The third-order valence-electron chi connectivity index (χ3n) is 18.9. The summed E-state index contributed by atoms with van der Waals surface area (Å²) in [6, 6.07) is 30.0. The second-order valence-electron chi connectivity index (χ2n) is 33.9. The molecule has 0 saturated carbocycles. The summed E-state index contributed by atoms with van der Waals surface area (Å²) in [4.78, 5) is 0. The van der Waals surface area contributed by atoms with Crippen molar-refractivity contribution in [3.8, 4) is 40.2 Å². The smallest absolute Gasteiger partial charge is 0.126 e. The van der Waals surface area contributed by atoms with Crippen molar-refractivity contribution in [2.45, 2.75) is 228 Å². The molecule has 0 aliphatic carbocycles. The second kappa shape index (κ2) is 25.8. The second-order valence-corrected chi connectivity index (χ2v) is 33.9. The lowest BCUT2D eigenvalue weighted by Gasteiger charge is -2.27. The number of phenolic OH excluding ortho intramolecular Hbond substituents is 5. The SMILES string of the molecule is CC(C)(C)c1cc2c(O)c(c1)Cc1cc(C(C)(C)C)cc(c1O)Cc1cc(C(C)(C)C)cc3c1OCCOCCOCCOc1c(cc(C(C)(C)C)cc1Cc1cc(C(C)(C)C)cc(c1O)Cc1cc(C(C)(C)C)cc(c1O)C3)Cc1cc(C(C)(C)C)cc(c1O)C2. The molecule has 9 rings (SSSR count). The van der Waals surface area contributed by atoms with E-state index in [4.69, 9.17) is 18.9 Å². The fourth-order valence-electron chi connectivity index (χ4n) is 12.7. The molecule has 0 saturated heterocycles. The molecule has 2 aliphatic rings. The van der Waals surface area contributed by atoms with Crippen molar-refractivity contribution in [1.82, 2.24) is 0 Å². The highest BCUT2D eigenvalue weighted by atomic mass is 16.6. The Morgan fingerprint density at radius 1 is 0.207 bits per heavy atom. The molecular weight excluding hydrogens is 1140 g/mol. The largest absolute Gasteiger partial charge is 0.507 e. The first-order valence-corrected chi connectivity index (χ1v) is 33.5. The topological polar surface area (TPSA) is 138 Å². The lowest BCUT2D eigenvalue weighted by molar-refractivity contribution is 0.0270. The molecule has 0 spiro atoms. The van der Waals surface area contributed by atoms with E-state index >= 15 is 0 Å². The molecule has 12 bridgehead atoms. The van der Waals surface area contributed by atoms with Gasteiger partial charge in [0.15, 0.2) is 0 Å². The quantitative estimate of drug-likeness (QED) is 0.0940. The van der Waals surface area contributed by atoms with Crippen LogP contribution in [-0.2, 0) is 92.3 Å². The molecule has 0 aromatic heterocycles. The fraction of sp³-hybridized carbons (Fsp3) is 0.494. The number of hydrogen-bond donors (Lipinski definition) is 5. The summed E-state index contributed by atoms with van der Waals surface area (Å²) in [5.41, 5.74) is 15.6. The molecule has 2 aliphatic heterocycles. The molecule has 0 unspecified atom stereocenters. The zero-order chi connectivity index (χ0) is 67.6. The molecular formula is C83H108O9. The van der Waals surface area contributed by atoms with Crippen LogP contribution in [0.15, 0.2) is 84.9 Å². The van der Waals surface area contributed by atoms with Gasteiger partial charge in [0.25, 0.3) is 0 Å². The summed E-state index contributed by atoms with van der Waals surface area (Å²) < 4.78 is 26.7. The van der Waals surface area contributed by atoms with Crippen LogP contribution >= 0.6 is 0 Å². The minimum atomic E-state index is -0.330. The van der Waals surface area contributed by atoms with E-state index < -0.39 is 0 Å². The molecule has 0 fully saturated rings. The zero-order valence-corrected chi connectivity index (χ0v) is 59.6. The molecule has 9 heteroatoms. The Kier molecular flexibility index (Phi) is 19.4. The predicted molar refractivity (Wildman–Crippen MR) is 377 cm³/mol. The Labute approximate surface area is 551 Å². The molecule has 7 aromatic carbocycles. The van der Waals surface area contributed by atoms with Crippen molar-refractivity contribution in [1.29, 1.82) is 0 Å². The summed E-state index contributed by atoms with van der Waals surface area (Å²) in [6.07, 6.45) is 1.99. The lowest BCUT2D eigenvalue weighted by atomic mass is 9.79. The van der Waals surface area contributed by atoms with Crippen LogP contribution in [-0.4, -0.2) is 65.2 Å². The van der Waals surface area contributed by atoms with Crippen molar-refractivity contribution >= 4 is 0 Å². The van der Waals surface area contributed by atoms with Gasteiger partial charge in [-0.05, 0) is 155 Å². The number of aromatic hydroxyl groups is 5.